The van der Waals surface area contributed by atoms with Crippen LogP contribution in [0.5, 0.6) is 11.5 Å². The second kappa shape index (κ2) is 24.2. The van der Waals surface area contributed by atoms with Crippen LogP contribution in [-0.2, 0) is 20.9 Å². The van der Waals surface area contributed by atoms with Crippen molar-refractivity contribution in [2.24, 2.45) is 0 Å². The number of carbonyl (C=O) groups excluding carboxylic acids is 4. The monoisotopic (exact) mass is 966 g/mol. The number of piperazine rings is 1. The van der Waals surface area contributed by atoms with Gasteiger partial charge in [-0.05, 0) is 100 Å². The van der Waals surface area contributed by atoms with Gasteiger partial charge in [0.2, 0.25) is 17.7 Å². The zero-order chi connectivity index (χ0) is 48.9. The lowest BCUT2D eigenvalue weighted by atomic mass is 10.0. The lowest BCUT2D eigenvalue weighted by Gasteiger charge is -2.35. The standard InChI is InChI=1S/C55H71N11O5/c56-52-50-51(40-23-25-43(26-24-40)71-42-18-10-9-11-19-42)61-66(53(50)59-39-58-52)41-17-15-32-64(37-41)49(68)22-16-31-63-35-33-62(34-36-63)30-13-8-6-4-2-1-3-5-7-12-29-57-46-21-14-20-44-45(46)38-65(55(44)70)47-27-28-48(67)60-54(47)69/h9-11,14,18-21,23-26,39,41,47,57H,1-8,12-13,15-17,22,27-38H2,(H2,56,58,59)(H,60,67,69)/t41-,47?/m1/s1. The summed E-state index contributed by atoms with van der Waals surface area (Å²) in [6, 6.07) is 22.7. The minimum atomic E-state index is -0.593. The zero-order valence-electron chi connectivity index (χ0n) is 41.2. The first-order chi connectivity index (χ1) is 34.8. The maximum atomic E-state index is 13.6. The van der Waals surface area contributed by atoms with E-state index in [1.54, 1.807) is 4.90 Å². The van der Waals surface area contributed by atoms with Gasteiger partial charge in [0.25, 0.3) is 5.91 Å². The number of hydrogen-bond acceptors (Lipinski definition) is 12. The van der Waals surface area contributed by atoms with Gasteiger partial charge in [0.15, 0.2) is 5.65 Å². The number of anilines is 2. The summed E-state index contributed by atoms with van der Waals surface area (Å²) in [4.78, 5) is 68.5. The highest BCUT2D eigenvalue weighted by atomic mass is 16.5. The Morgan fingerprint density at radius 1 is 0.746 bits per heavy atom. The molecule has 3 aromatic carbocycles. The molecule has 71 heavy (non-hydrogen) atoms. The molecule has 0 bridgehead atoms. The normalized spacial score (nSPS) is 18.8. The number of hydrogen-bond donors (Lipinski definition) is 3. The number of ether oxygens (including phenoxy) is 1. The molecule has 6 heterocycles. The van der Waals surface area contributed by atoms with E-state index < -0.39 is 6.04 Å². The molecule has 5 aromatic rings. The van der Waals surface area contributed by atoms with Crippen LogP contribution in [0.15, 0.2) is 79.1 Å². The van der Waals surface area contributed by atoms with Gasteiger partial charge in [-0.2, -0.15) is 5.10 Å². The Kier molecular flexibility index (Phi) is 16.9. The van der Waals surface area contributed by atoms with Crippen LogP contribution in [0.3, 0.4) is 0 Å². The van der Waals surface area contributed by atoms with E-state index in [1.807, 2.05) is 82.4 Å². The number of nitrogens with one attached hydrogen (secondary N) is 2. The molecular formula is C55H71N11O5. The molecule has 376 valence electrons. The number of fused-ring (bicyclic) bond motifs is 2. The summed E-state index contributed by atoms with van der Waals surface area (Å²) >= 11 is 0. The van der Waals surface area contributed by atoms with Crippen LogP contribution >= 0.6 is 0 Å². The fourth-order valence-electron chi connectivity index (χ4n) is 10.8. The molecule has 2 atom stereocenters. The molecule has 2 aromatic heterocycles. The highest BCUT2D eigenvalue weighted by Gasteiger charge is 2.40. The Labute approximate surface area is 417 Å². The summed E-state index contributed by atoms with van der Waals surface area (Å²) in [6.45, 7) is 9.10. The van der Waals surface area contributed by atoms with E-state index in [2.05, 4.69) is 30.4 Å². The van der Waals surface area contributed by atoms with Gasteiger partial charge < -0.3 is 35.4 Å². The fourth-order valence-corrected chi connectivity index (χ4v) is 10.8. The first kappa shape index (κ1) is 49.6. The lowest BCUT2D eigenvalue weighted by Crippen LogP contribution is -2.52. The Morgan fingerprint density at radius 3 is 2.17 bits per heavy atom. The molecule has 0 spiro atoms. The third-order valence-corrected chi connectivity index (χ3v) is 14.8. The smallest absolute Gasteiger partial charge is 0.255 e. The molecule has 0 saturated carbocycles. The van der Waals surface area contributed by atoms with Crippen LogP contribution in [0.4, 0.5) is 11.5 Å². The van der Waals surface area contributed by atoms with Crippen molar-refractivity contribution in [1.82, 2.24) is 44.7 Å². The molecule has 4 amide bonds. The second-order valence-electron chi connectivity index (χ2n) is 19.8. The van der Waals surface area contributed by atoms with E-state index in [4.69, 9.17) is 15.6 Å². The quantitative estimate of drug-likeness (QED) is 0.0422. The van der Waals surface area contributed by atoms with Gasteiger partial charge >= 0.3 is 0 Å². The number of aromatic nitrogens is 4. The van der Waals surface area contributed by atoms with Crippen molar-refractivity contribution >= 4 is 46.2 Å². The van der Waals surface area contributed by atoms with E-state index in [0.29, 0.717) is 43.0 Å². The van der Waals surface area contributed by atoms with E-state index in [1.165, 1.54) is 70.7 Å². The minimum absolute atomic E-state index is 0.00603. The van der Waals surface area contributed by atoms with Crippen molar-refractivity contribution in [2.75, 3.05) is 70.0 Å². The van der Waals surface area contributed by atoms with Crippen molar-refractivity contribution in [2.45, 2.75) is 121 Å². The highest BCUT2D eigenvalue weighted by molar-refractivity contribution is 6.06. The summed E-state index contributed by atoms with van der Waals surface area (Å²) in [5.41, 5.74) is 11.3. The van der Waals surface area contributed by atoms with Gasteiger partial charge in [0, 0.05) is 87.6 Å². The maximum Gasteiger partial charge on any atom is 0.255 e. The van der Waals surface area contributed by atoms with Crippen molar-refractivity contribution in [1.29, 1.82) is 0 Å². The van der Waals surface area contributed by atoms with Gasteiger partial charge in [-0.3, -0.25) is 24.5 Å². The highest BCUT2D eigenvalue weighted by Crippen LogP contribution is 2.36. The molecule has 4 N–H and O–H groups in total. The second-order valence-corrected chi connectivity index (χ2v) is 19.8. The predicted molar refractivity (Wildman–Crippen MR) is 276 cm³/mol. The molecule has 0 radical (unpaired) electrons. The largest absolute Gasteiger partial charge is 0.457 e. The number of amides is 4. The number of unbranched alkanes of at least 4 members (excludes halogenated alkanes) is 9. The minimum Gasteiger partial charge on any atom is -0.457 e. The van der Waals surface area contributed by atoms with E-state index in [-0.39, 0.29) is 36.1 Å². The Balaban J connectivity index is 0.603. The SMILES string of the molecule is Nc1ncnc2c1c(-c1ccc(Oc3ccccc3)cc1)nn2[C@@H]1CCCN(C(=O)CCCN2CCN(CCCCCCCCCCCCNc3cccc4c3CN(C3CCC(=O)NC3=O)C4=O)CC2)C1. The fraction of sp³-hybridized carbons (Fsp3) is 0.509. The molecule has 1 unspecified atom stereocenters. The third kappa shape index (κ3) is 12.6. The third-order valence-electron chi connectivity index (χ3n) is 14.8. The molecule has 0 aliphatic carbocycles. The van der Waals surface area contributed by atoms with Gasteiger partial charge in [0.05, 0.1) is 11.4 Å². The Hall–Kier alpha value is -6.39. The Morgan fingerprint density at radius 2 is 1.44 bits per heavy atom. The molecule has 4 aliphatic heterocycles. The summed E-state index contributed by atoms with van der Waals surface area (Å²) in [7, 11) is 0. The topological polar surface area (TPSA) is 184 Å². The Bertz CT molecular complexity index is 2600. The van der Waals surface area contributed by atoms with Crippen LogP contribution in [0.2, 0.25) is 0 Å². The molecule has 4 aliphatic rings. The number of likely N-dealkylation sites (tertiary alicyclic amines) is 1. The summed E-state index contributed by atoms with van der Waals surface area (Å²) in [5, 5.41) is 11.7. The van der Waals surface area contributed by atoms with Gasteiger partial charge in [0.1, 0.15) is 35.4 Å². The first-order valence-corrected chi connectivity index (χ1v) is 26.3. The molecule has 3 fully saturated rings. The van der Waals surface area contributed by atoms with Crippen LogP contribution in [0.1, 0.15) is 125 Å². The molecule has 16 nitrogen and oxygen atoms in total. The van der Waals surface area contributed by atoms with E-state index in [0.717, 1.165) is 111 Å². The number of carbonyl (C=O) groups is 4. The summed E-state index contributed by atoms with van der Waals surface area (Å²) in [6.07, 6.45) is 17.9. The maximum absolute atomic E-state index is 13.6. The molecular weight excluding hydrogens is 895 g/mol. The zero-order valence-corrected chi connectivity index (χ0v) is 41.2. The number of para-hydroxylation sites is 1. The number of nitrogens with zero attached hydrogens (tertiary/aromatic N) is 8. The van der Waals surface area contributed by atoms with Gasteiger partial charge in [-0.1, -0.05) is 75.6 Å². The number of piperidine rings is 2. The van der Waals surface area contributed by atoms with Crippen LogP contribution in [0.25, 0.3) is 22.3 Å². The average molecular weight is 966 g/mol. The van der Waals surface area contributed by atoms with Crippen LogP contribution in [-0.4, -0.2) is 128 Å². The van der Waals surface area contributed by atoms with Crippen molar-refractivity contribution < 1.29 is 23.9 Å². The first-order valence-electron chi connectivity index (χ1n) is 26.3. The van der Waals surface area contributed by atoms with E-state index in [9.17, 15) is 19.2 Å². The number of imide groups is 1. The van der Waals surface area contributed by atoms with Crippen molar-refractivity contribution in [3.63, 3.8) is 0 Å². The van der Waals surface area contributed by atoms with Crippen molar-refractivity contribution in [3.05, 3.63) is 90.3 Å². The van der Waals surface area contributed by atoms with Gasteiger partial charge in [-0.15, -0.1) is 0 Å². The predicted octanol–water partition coefficient (Wildman–Crippen LogP) is 8.20. The number of nitrogen functional groups attached to an aromatic ring is 1. The number of rotatable bonds is 23. The van der Waals surface area contributed by atoms with Crippen molar-refractivity contribution in [3.8, 4) is 22.8 Å². The lowest BCUT2D eigenvalue weighted by molar-refractivity contribution is -0.137. The summed E-state index contributed by atoms with van der Waals surface area (Å²) < 4.78 is 7.98. The average Bonchev–Trinajstić information content (AvgIpc) is 3.95. The van der Waals surface area contributed by atoms with Crippen LogP contribution in [0, 0.1) is 0 Å². The molecule has 9 rings (SSSR count). The molecule has 16 heteroatoms. The number of benzene rings is 3. The van der Waals surface area contributed by atoms with Gasteiger partial charge in [-0.25, -0.2) is 14.6 Å². The molecule has 3 saturated heterocycles. The van der Waals surface area contributed by atoms with Crippen LogP contribution < -0.4 is 21.1 Å². The number of nitrogens with two attached hydrogens (primary N) is 1. The summed E-state index contributed by atoms with van der Waals surface area (Å²) in [5.74, 6) is 1.32. The van der Waals surface area contributed by atoms with E-state index >= 15 is 0 Å².